The van der Waals surface area contributed by atoms with E-state index in [9.17, 15) is 4.79 Å². The Bertz CT molecular complexity index is 238. The maximum atomic E-state index is 11.5. The van der Waals surface area contributed by atoms with Gasteiger partial charge < -0.3 is 10.1 Å². The summed E-state index contributed by atoms with van der Waals surface area (Å²) in [6.07, 6.45) is 3.86. The molecule has 16 heavy (non-hydrogen) atoms. The molecule has 0 aliphatic heterocycles. The summed E-state index contributed by atoms with van der Waals surface area (Å²) in [7, 11) is 1.85. The van der Waals surface area contributed by atoms with E-state index in [1.165, 1.54) is 6.42 Å². The summed E-state index contributed by atoms with van der Waals surface area (Å²) in [5, 5.41) is 2.96. The van der Waals surface area contributed by atoms with E-state index in [1.807, 2.05) is 7.05 Å². The predicted molar refractivity (Wildman–Crippen MR) is 65.2 cm³/mol. The van der Waals surface area contributed by atoms with E-state index in [1.54, 1.807) is 0 Å². The summed E-state index contributed by atoms with van der Waals surface area (Å²) in [5.41, 5.74) is 0.311. The van der Waals surface area contributed by atoms with Crippen molar-refractivity contribution in [2.75, 3.05) is 13.6 Å². The average Bonchev–Trinajstić information content (AvgIpc) is 2.11. The lowest BCUT2D eigenvalue weighted by Crippen LogP contribution is -2.34. The summed E-state index contributed by atoms with van der Waals surface area (Å²) in [5.74, 6) is 0.593. The Morgan fingerprint density at radius 3 is 2.69 bits per heavy atom. The minimum Gasteiger partial charge on any atom is -0.462 e. The van der Waals surface area contributed by atoms with E-state index in [4.69, 9.17) is 4.74 Å². The number of carbonyl (C=O) groups excluding carboxylic acids is 1. The number of hydrogen-bond acceptors (Lipinski definition) is 3. The second-order valence-electron chi connectivity index (χ2n) is 5.88. The molecule has 0 heterocycles. The minimum absolute atomic E-state index is 0.0655. The number of esters is 1. The van der Waals surface area contributed by atoms with Gasteiger partial charge in [-0.2, -0.15) is 0 Å². The van der Waals surface area contributed by atoms with E-state index in [-0.39, 0.29) is 12.1 Å². The molecule has 3 heteroatoms. The van der Waals surface area contributed by atoms with Crippen LogP contribution in [-0.4, -0.2) is 25.7 Å². The highest BCUT2D eigenvalue weighted by molar-refractivity contribution is 5.69. The van der Waals surface area contributed by atoms with Crippen LogP contribution in [0.25, 0.3) is 0 Å². The van der Waals surface area contributed by atoms with Crippen LogP contribution in [0.1, 0.15) is 46.5 Å². The van der Waals surface area contributed by atoms with Gasteiger partial charge in [0.25, 0.3) is 0 Å². The van der Waals surface area contributed by atoms with Crippen molar-refractivity contribution in [1.82, 2.24) is 5.32 Å². The van der Waals surface area contributed by atoms with Gasteiger partial charge in [-0.1, -0.05) is 20.8 Å². The van der Waals surface area contributed by atoms with E-state index in [0.717, 1.165) is 12.8 Å². The normalized spacial score (nSPS) is 28.8. The van der Waals surface area contributed by atoms with Gasteiger partial charge in [-0.05, 0) is 37.6 Å². The van der Waals surface area contributed by atoms with E-state index in [0.29, 0.717) is 24.3 Å². The topological polar surface area (TPSA) is 38.3 Å². The highest BCUT2D eigenvalue weighted by Gasteiger charge is 2.33. The third-order valence-electron chi connectivity index (χ3n) is 3.22. The Hall–Kier alpha value is -0.570. The summed E-state index contributed by atoms with van der Waals surface area (Å²) in [6.45, 7) is 7.47. The molecule has 2 unspecified atom stereocenters. The first-order valence-electron chi connectivity index (χ1n) is 6.27. The van der Waals surface area contributed by atoms with Gasteiger partial charge in [-0.25, -0.2) is 0 Å². The highest BCUT2D eigenvalue weighted by Crippen LogP contribution is 2.39. The van der Waals surface area contributed by atoms with Gasteiger partial charge in [0.15, 0.2) is 0 Å². The highest BCUT2D eigenvalue weighted by atomic mass is 16.5. The molecule has 1 aliphatic rings. The van der Waals surface area contributed by atoms with Gasteiger partial charge >= 0.3 is 5.97 Å². The van der Waals surface area contributed by atoms with Crippen molar-refractivity contribution in [3.63, 3.8) is 0 Å². The molecule has 0 aromatic heterocycles. The van der Waals surface area contributed by atoms with Crippen molar-refractivity contribution in [2.24, 2.45) is 11.3 Å². The van der Waals surface area contributed by atoms with Crippen LogP contribution in [0.4, 0.5) is 0 Å². The van der Waals surface area contributed by atoms with Crippen LogP contribution in [0.5, 0.6) is 0 Å². The minimum atomic E-state index is -0.0655. The quantitative estimate of drug-likeness (QED) is 0.749. The van der Waals surface area contributed by atoms with Crippen LogP contribution in [0.3, 0.4) is 0 Å². The fourth-order valence-corrected chi connectivity index (χ4v) is 2.82. The average molecular weight is 227 g/mol. The number of hydrogen-bond donors (Lipinski definition) is 1. The van der Waals surface area contributed by atoms with Crippen LogP contribution < -0.4 is 5.32 Å². The summed E-state index contributed by atoms with van der Waals surface area (Å²) >= 11 is 0. The molecule has 94 valence electrons. The standard InChI is InChI=1S/C13H25NO2/c1-10-7-11(9-13(2,3)8-10)16-12(15)5-6-14-4/h10-11,14H,5-9H2,1-4H3. The summed E-state index contributed by atoms with van der Waals surface area (Å²) in [4.78, 5) is 11.5. The predicted octanol–water partition coefficient (Wildman–Crippen LogP) is 2.35. The maximum absolute atomic E-state index is 11.5. The Labute approximate surface area is 98.9 Å². The Balaban J connectivity index is 2.39. The molecule has 1 saturated carbocycles. The maximum Gasteiger partial charge on any atom is 0.307 e. The van der Waals surface area contributed by atoms with Crippen LogP contribution >= 0.6 is 0 Å². The second-order valence-corrected chi connectivity index (χ2v) is 5.88. The zero-order valence-electron chi connectivity index (χ0n) is 11.0. The Morgan fingerprint density at radius 2 is 2.12 bits per heavy atom. The monoisotopic (exact) mass is 227 g/mol. The van der Waals surface area contributed by atoms with Gasteiger partial charge in [-0.15, -0.1) is 0 Å². The fraction of sp³-hybridized carbons (Fsp3) is 0.923. The van der Waals surface area contributed by atoms with Gasteiger partial charge in [0, 0.05) is 6.54 Å². The number of ether oxygens (including phenoxy) is 1. The molecule has 3 nitrogen and oxygen atoms in total. The molecule has 0 aromatic carbocycles. The lowest BCUT2D eigenvalue weighted by atomic mass is 9.71. The SMILES string of the molecule is CNCCC(=O)OC1CC(C)CC(C)(C)C1. The zero-order valence-corrected chi connectivity index (χ0v) is 11.0. The van der Waals surface area contributed by atoms with Crippen LogP contribution in [-0.2, 0) is 9.53 Å². The first-order chi connectivity index (χ1) is 7.43. The molecule has 0 bridgehead atoms. The molecule has 1 N–H and O–H groups in total. The van der Waals surface area contributed by atoms with Crippen LogP contribution in [0.15, 0.2) is 0 Å². The smallest absolute Gasteiger partial charge is 0.307 e. The molecule has 0 saturated heterocycles. The van der Waals surface area contributed by atoms with E-state index >= 15 is 0 Å². The number of rotatable bonds is 4. The molecule has 1 rings (SSSR count). The van der Waals surface area contributed by atoms with Gasteiger partial charge in [0.05, 0.1) is 6.42 Å². The largest absolute Gasteiger partial charge is 0.462 e. The van der Waals surface area contributed by atoms with Crippen molar-refractivity contribution >= 4 is 5.97 Å². The van der Waals surface area contributed by atoms with Crippen LogP contribution in [0.2, 0.25) is 0 Å². The van der Waals surface area contributed by atoms with Crippen molar-refractivity contribution in [3.05, 3.63) is 0 Å². The first-order valence-corrected chi connectivity index (χ1v) is 6.27. The molecule has 0 amide bonds. The van der Waals surface area contributed by atoms with Gasteiger partial charge in [0.1, 0.15) is 6.10 Å². The third-order valence-corrected chi connectivity index (χ3v) is 3.22. The molecule has 0 spiro atoms. The van der Waals surface area contributed by atoms with Crippen LogP contribution in [0, 0.1) is 11.3 Å². The molecule has 1 fully saturated rings. The van der Waals surface area contributed by atoms with E-state index < -0.39 is 0 Å². The summed E-state index contributed by atoms with van der Waals surface area (Å²) in [6, 6.07) is 0. The second kappa shape index (κ2) is 5.67. The molecular formula is C13H25NO2. The lowest BCUT2D eigenvalue weighted by Gasteiger charge is -2.38. The summed E-state index contributed by atoms with van der Waals surface area (Å²) < 4.78 is 5.52. The molecule has 1 aliphatic carbocycles. The molecule has 2 atom stereocenters. The number of nitrogens with one attached hydrogen (secondary N) is 1. The molecule has 0 radical (unpaired) electrons. The fourth-order valence-electron chi connectivity index (χ4n) is 2.82. The van der Waals surface area contributed by atoms with Crippen molar-refractivity contribution < 1.29 is 9.53 Å². The lowest BCUT2D eigenvalue weighted by molar-refractivity contribution is -0.153. The zero-order chi connectivity index (χ0) is 12.2. The van der Waals surface area contributed by atoms with Gasteiger partial charge in [-0.3, -0.25) is 4.79 Å². The Kier molecular flexibility index (Phi) is 4.78. The van der Waals surface area contributed by atoms with E-state index in [2.05, 4.69) is 26.1 Å². The molecular weight excluding hydrogens is 202 g/mol. The van der Waals surface area contributed by atoms with Gasteiger partial charge in [0.2, 0.25) is 0 Å². The first kappa shape index (κ1) is 13.5. The number of carbonyl (C=O) groups is 1. The van der Waals surface area contributed by atoms with Crippen molar-refractivity contribution in [3.8, 4) is 0 Å². The van der Waals surface area contributed by atoms with Crippen molar-refractivity contribution in [2.45, 2.75) is 52.6 Å². The third kappa shape index (κ3) is 4.52. The Morgan fingerprint density at radius 1 is 1.44 bits per heavy atom. The van der Waals surface area contributed by atoms with Crippen molar-refractivity contribution in [1.29, 1.82) is 0 Å². The molecule has 0 aromatic rings.